The summed E-state index contributed by atoms with van der Waals surface area (Å²) in [6.07, 6.45) is 3.04. The molecule has 0 bridgehead atoms. The Labute approximate surface area is 179 Å². The van der Waals surface area contributed by atoms with Gasteiger partial charge in [0.25, 0.3) is 5.91 Å². The van der Waals surface area contributed by atoms with Crippen molar-refractivity contribution in [3.8, 4) is 5.75 Å². The fourth-order valence-electron chi connectivity index (χ4n) is 2.85. The highest BCUT2D eigenvalue weighted by Gasteiger charge is 2.25. The Kier molecular flexibility index (Phi) is 6.32. The van der Waals surface area contributed by atoms with Gasteiger partial charge in [0.15, 0.2) is 0 Å². The van der Waals surface area contributed by atoms with Gasteiger partial charge in [-0.1, -0.05) is 17.7 Å². The number of hydrogen-bond acceptors (Lipinski definition) is 5. The molecular weight excluding hydrogens is 404 g/mol. The number of pyridine rings is 2. The summed E-state index contributed by atoms with van der Waals surface area (Å²) in [6, 6.07) is 13.1. The third-order valence-corrected chi connectivity index (χ3v) is 4.64. The Hall–Kier alpha value is -3.45. The third-order valence-electron chi connectivity index (χ3n) is 4.40. The highest BCUT2D eigenvalue weighted by Crippen LogP contribution is 2.22. The number of carbonyl (C=O) groups is 2. The van der Waals surface area contributed by atoms with Crippen LogP contribution >= 0.6 is 11.6 Å². The molecule has 0 aliphatic heterocycles. The van der Waals surface area contributed by atoms with Crippen LogP contribution in [0.4, 0.5) is 5.69 Å². The fraction of sp³-hybridized carbons (Fsp3) is 0.182. The van der Waals surface area contributed by atoms with Crippen LogP contribution in [0.25, 0.3) is 0 Å². The van der Waals surface area contributed by atoms with E-state index in [2.05, 4.69) is 20.6 Å². The molecule has 0 spiro atoms. The number of phenolic OH excluding ortho intramolecular Hbond substituents is 1. The Morgan fingerprint density at radius 1 is 1.07 bits per heavy atom. The van der Waals surface area contributed by atoms with E-state index >= 15 is 0 Å². The van der Waals surface area contributed by atoms with Crippen molar-refractivity contribution in [2.75, 3.05) is 5.32 Å². The van der Waals surface area contributed by atoms with Gasteiger partial charge < -0.3 is 15.7 Å². The van der Waals surface area contributed by atoms with Crippen molar-refractivity contribution in [2.45, 2.75) is 25.8 Å². The molecule has 0 aliphatic carbocycles. The number of halogens is 1. The van der Waals surface area contributed by atoms with E-state index in [1.165, 1.54) is 24.4 Å². The molecule has 2 aromatic heterocycles. The average molecular weight is 425 g/mol. The summed E-state index contributed by atoms with van der Waals surface area (Å²) in [7, 11) is 0. The zero-order valence-electron chi connectivity index (χ0n) is 16.5. The van der Waals surface area contributed by atoms with E-state index in [4.69, 9.17) is 11.6 Å². The van der Waals surface area contributed by atoms with Crippen molar-refractivity contribution >= 4 is 29.1 Å². The van der Waals surface area contributed by atoms with Crippen LogP contribution in [0.2, 0.25) is 5.02 Å². The topological polar surface area (TPSA) is 104 Å². The second-order valence-electron chi connectivity index (χ2n) is 7.22. The number of amides is 2. The van der Waals surface area contributed by atoms with Gasteiger partial charge in [-0.15, -0.1) is 0 Å². The number of aromatic hydroxyl groups is 1. The summed E-state index contributed by atoms with van der Waals surface area (Å²) in [6.45, 7) is 3.69. The van der Waals surface area contributed by atoms with E-state index in [9.17, 15) is 14.7 Å². The van der Waals surface area contributed by atoms with Gasteiger partial charge >= 0.3 is 0 Å². The summed E-state index contributed by atoms with van der Waals surface area (Å²) < 4.78 is 0. The maximum atomic E-state index is 12.7. The SMILES string of the molecule is CC(C)(NC(=O)c1cc(NC(=O)Cc2cc(Cl)ccc2O)ccn1)c1ccccn1. The largest absolute Gasteiger partial charge is 0.508 e. The molecule has 0 saturated heterocycles. The van der Waals surface area contributed by atoms with Crippen molar-refractivity contribution < 1.29 is 14.7 Å². The molecular formula is C22H21ClN4O3. The molecule has 0 saturated carbocycles. The zero-order valence-corrected chi connectivity index (χ0v) is 17.3. The zero-order chi connectivity index (χ0) is 21.7. The second kappa shape index (κ2) is 8.92. The molecule has 0 radical (unpaired) electrons. The number of phenols is 1. The lowest BCUT2D eigenvalue weighted by Crippen LogP contribution is -2.41. The minimum Gasteiger partial charge on any atom is -0.508 e. The normalized spacial score (nSPS) is 11.0. The first-order valence-corrected chi connectivity index (χ1v) is 9.60. The van der Waals surface area contributed by atoms with Crippen molar-refractivity contribution in [2.24, 2.45) is 0 Å². The molecule has 3 N–H and O–H groups in total. The van der Waals surface area contributed by atoms with Gasteiger partial charge in [0.2, 0.25) is 5.91 Å². The Bertz CT molecular complexity index is 1070. The number of benzene rings is 1. The van der Waals surface area contributed by atoms with Gasteiger partial charge in [-0.2, -0.15) is 0 Å². The molecule has 7 nitrogen and oxygen atoms in total. The molecule has 2 heterocycles. The Balaban J connectivity index is 1.69. The molecule has 1 aromatic carbocycles. The second-order valence-corrected chi connectivity index (χ2v) is 7.66. The maximum absolute atomic E-state index is 12.7. The average Bonchev–Trinajstić information content (AvgIpc) is 2.71. The minimum absolute atomic E-state index is 0.0129. The van der Waals surface area contributed by atoms with E-state index in [-0.39, 0.29) is 23.8 Å². The molecule has 154 valence electrons. The number of carbonyl (C=O) groups excluding carboxylic acids is 2. The molecule has 2 amide bonds. The van der Waals surface area contributed by atoms with Gasteiger partial charge in [-0.05, 0) is 56.3 Å². The highest BCUT2D eigenvalue weighted by atomic mass is 35.5. The van der Waals surface area contributed by atoms with Gasteiger partial charge in [-0.25, -0.2) is 0 Å². The maximum Gasteiger partial charge on any atom is 0.270 e. The van der Waals surface area contributed by atoms with E-state index in [1.54, 1.807) is 24.4 Å². The number of nitrogens with zero attached hydrogens (tertiary/aromatic N) is 2. The van der Waals surface area contributed by atoms with Crippen LogP contribution in [-0.4, -0.2) is 26.9 Å². The monoisotopic (exact) mass is 424 g/mol. The van der Waals surface area contributed by atoms with Crippen molar-refractivity contribution in [1.82, 2.24) is 15.3 Å². The third kappa shape index (κ3) is 5.33. The quantitative estimate of drug-likeness (QED) is 0.560. The van der Waals surface area contributed by atoms with Crippen LogP contribution < -0.4 is 10.6 Å². The summed E-state index contributed by atoms with van der Waals surface area (Å²) in [5, 5.41) is 15.9. The molecule has 0 unspecified atom stereocenters. The number of rotatable bonds is 6. The highest BCUT2D eigenvalue weighted by molar-refractivity contribution is 6.30. The lowest BCUT2D eigenvalue weighted by atomic mass is 9.99. The van der Waals surface area contributed by atoms with Gasteiger partial charge in [0.05, 0.1) is 17.7 Å². The van der Waals surface area contributed by atoms with Crippen molar-refractivity contribution in [3.05, 3.63) is 82.9 Å². The lowest BCUT2D eigenvalue weighted by Gasteiger charge is -2.25. The number of hydrogen-bond donors (Lipinski definition) is 3. The van der Waals surface area contributed by atoms with E-state index < -0.39 is 11.4 Å². The molecule has 3 aromatic rings. The van der Waals surface area contributed by atoms with Crippen molar-refractivity contribution in [3.63, 3.8) is 0 Å². The summed E-state index contributed by atoms with van der Waals surface area (Å²) in [5.41, 5.74) is 0.983. The number of nitrogens with one attached hydrogen (secondary N) is 2. The Morgan fingerprint density at radius 3 is 2.60 bits per heavy atom. The first kappa shape index (κ1) is 21.3. The van der Waals surface area contributed by atoms with Crippen LogP contribution in [0.15, 0.2) is 60.9 Å². The van der Waals surface area contributed by atoms with E-state index in [1.807, 2.05) is 26.0 Å². The van der Waals surface area contributed by atoms with Crippen molar-refractivity contribution in [1.29, 1.82) is 0 Å². The van der Waals surface area contributed by atoms with E-state index in [0.29, 0.717) is 22.0 Å². The molecule has 8 heteroatoms. The fourth-order valence-corrected chi connectivity index (χ4v) is 3.05. The lowest BCUT2D eigenvalue weighted by molar-refractivity contribution is -0.115. The molecule has 3 rings (SSSR count). The number of anilines is 1. The van der Waals surface area contributed by atoms with E-state index in [0.717, 1.165) is 0 Å². The molecule has 0 aliphatic rings. The first-order chi connectivity index (χ1) is 14.2. The summed E-state index contributed by atoms with van der Waals surface area (Å²) in [5.74, 6) is -0.769. The predicted octanol–water partition coefficient (Wildman–Crippen LogP) is 3.68. The summed E-state index contributed by atoms with van der Waals surface area (Å²) in [4.78, 5) is 33.4. The minimum atomic E-state index is -0.705. The smallest absolute Gasteiger partial charge is 0.270 e. The van der Waals surface area contributed by atoms with Crippen LogP contribution in [0.1, 0.15) is 35.6 Å². The van der Waals surface area contributed by atoms with Crippen LogP contribution in [0, 0.1) is 0 Å². The number of aromatic nitrogens is 2. The first-order valence-electron chi connectivity index (χ1n) is 9.22. The molecule has 0 fully saturated rings. The van der Waals surface area contributed by atoms with Gasteiger partial charge in [0, 0.05) is 28.7 Å². The van der Waals surface area contributed by atoms with Gasteiger partial charge in [0.1, 0.15) is 11.4 Å². The Morgan fingerprint density at radius 2 is 1.87 bits per heavy atom. The standard InChI is InChI=1S/C22H21ClN4O3/c1-22(2,19-5-3-4-9-25-19)27-21(30)17-13-16(8-10-24-17)26-20(29)12-14-11-15(23)6-7-18(14)28/h3-11,13,28H,12H2,1-2H3,(H,27,30)(H,24,26,29). The van der Waals surface area contributed by atoms with Crippen LogP contribution in [0.3, 0.4) is 0 Å². The predicted molar refractivity (Wildman–Crippen MR) is 114 cm³/mol. The molecule has 0 atom stereocenters. The van der Waals surface area contributed by atoms with Gasteiger partial charge in [-0.3, -0.25) is 19.6 Å². The van der Waals surface area contributed by atoms with Crippen LogP contribution in [0.5, 0.6) is 5.75 Å². The van der Waals surface area contributed by atoms with Crippen LogP contribution in [-0.2, 0) is 16.8 Å². The summed E-state index contributed by atoms with van der Waals surface area (Å²) >= 11 is 5.91. The molecule has 30 heavy (non-hydrogen) atoms.